The molecule has 5 rings (SSSR count). The minimum absolute atomic E-state index is 0.108. The van der Waals surface area contributed by atoms with Crippen LogP contribution in [0.4, 0.5) is 0 Å². The molecule has 2 fully saturated rings. The number of amides is 2. The van der Waals surface area contributed by atoms with Gasteiger partial charge in [0.15, 0.2) is 0 Å². The standard InChI is InChI=1S/C42H62BN4O9PS/c1-3-39(57(51,55-33-20-9-5-10-21-33)56-34-22-11-6-12-23-34)45-41(49)38-29-32-19-13-14-25-37(32)47(38)42(50)36(26-28-58(2,52)53)44-40(48)35(46-43)24-15-16-27-54-30-31-17-7-4-8-18-31/h4-12,17-18,20-23,32,35-39,41,45-46,49,51,57H,3,13-16,19,24-30,43H2,1-2H3,(H,44,48). The predicted molar refractivity (Wildman–Crippen MR) is 231 cm³/mol. The molecule has 7 atom stereocenters. The third-order valence-electron chi connectivity index (χ3n) is 11.2. The Kier molecular flexibility index (Phi) is 17.4. The van der Waals surface area contributed by atoms with Gasteiger partial charge in [0.2, 0.25) is 0 Å². The summed E-state index contributed by atoms with van der Waals surface area (Å²) in [5.74, 6) is -1.04. The van der Waals surface area contributed by atoms with Crippen molar-refractivity contribution < 1.29 is 41.8 Å². The number of aliphatic hydroxyl groups is 1. The number of carbonyl (C=O) groups is 2. The molecule has 3 aromatic carbocycles. The average Bonchev–Trinajstić information content (AvgIpc) is 3.61. The molecule has 1 heterocycles. The number of unbranched alkanes of at least 4 members (excludes halogenated alkanes) is 1. The van der Waals surface area contributed by atoms with Crippen molar-refractivity contribution in [3.63, 3.8) is 0 Å². The number of ether oxygens (including phenoxy) is 1. The summed E-state index contributed by atoms with van der Waals surface area (Å²) in [4.78, 5) is 42.5. The van der Waals surface area contributed by atoms with Crippen LogP contribution in [-0.4, -0.2) is 97.9 Å². The first-order valence-electron chi connectivity index (χ1n) is 20.6. The molecule has 0 bridgehead atoms. The van der Waals surface area contributed by atoms with Gasteiger partial charge >= 0.3 is 286 Å². The Hall–Kier alpha value is -3.56. The molecule has 13 nitrogen and oxygen atoms in total. The summed E-state index contributed by atoms with van der Waals surface area (Å²) in [6.45, 7) is 2.90. The molecule has 3 aromatic rings. The van der Waals surface area contributed by atoms with E-state index >= 15 is 0 Å². The summed E-state index contributed by atoms with van der Waals surface area (Å²) in [5.41, 5.74) is 1.09. The van der Waals surface area contributed by atoms with E-state index in [2.05, 4.69) is 15.9 Å². The first-order valence-corrected chi connectivity index (χ1v) is 24.5. The van der Waals surface area contributed by atoms with Gasteiger partial charge in [-0.1, -0.05) is 30.3 Å². The fourth-order valence-electron chi connectivity index (χ4n) is 8.15. The van der Waals surface area contributed by atoms with Crippen molar-refractivity contribution >= 4 is 37.6 Å². The number of likely N-dealkylation sites (tertiary alicyclic amines) is 1. The van der Waals surface area contributed by atoms with Crippen LogP contribution in [0.3, 0.4) is 0 Å². The van der Waals surface area contributed by atoms with Gasteiger partial charge in [-0.3, -0.25) is 0 Å². The van der Waals surface area contributed by atoms with Crippen molar-refractivity contribution in [2.75, 3.05) is 18.6 Å². The van der Waals surface area contributed by atoms with E-state index in [1.165, 1.54) is 0 Å². The summed E-state index contributed by atoms with van der Waals surface area (Å²) in [5, 5.41) is 21.3. The van der Waals surface area contributed by atoms with Gasteiger partial charge in [0.1, 0.15) is 0 Å². The van der Waals surface area contributed by atoms with Gasteiger partial charge in [-0.05, 0) is 12.0 Å². The Bertz CT molecular complexity index is 1780. The summed E-state index contributed by atoms with van der Waals surface area (Å²) in [6, 6.07) is 25.0. The Morgan fingerprint density at radius 2 is 1.50 bits per heavy atom. The number of nitrogens with zero attached hydrogens (tertiary/aromatic N) is 1. The molecular weight excluding hydrogens is 778 g/mol. The van der Waals surface area contributed by atoms with Crippen molar-refractivity contribution in [2.24, 2.45) is 5.92 Å². The SMILES string of the molecule is BNC(CCCCOCc1ccccc1)C(=O)NC(CCS(C)(=O)=O)C(=O)N1C2CCCCC2CC1C(O)NC(CC)[PH](O)(Oc1ccccc1)Oc1ccccc1. The van der Waals surface area contributed by atoms with E-state index in [-0.39, 0.29) is 24.1 Å². The van der Waals surface area contributed by atoms with Gasteiger partial charge in [0, 0.05) is 6.61 Å². The van der Waals surface area contributed by atoms with E-state index in [9.17, 15) is 28.0 Å². The van der Waals surface area contributed by atoms with Gasteiger partial charge in [-0.15, -0.1) is 0 Å². The first kappa shape index (κ1) is 45.5. The number of rotatable bonds is 23. The third kappa shape index (κ3) is 13.2. The maximum atomic E-state index is 14.8. The number of hydrogen-bond donors (Lipinski definition) is 5. The number of benzene rings is 3. The molecule has 7 unspecified atom stereocenters. The van der Waals surface area contributed by atoms with Crippen LogP contribution in [-0.2, 0) is 30.8 Å². The topological polar surface area (TPSA) is 176 Å². The van der Waals surface area contributed by atoms with Crippen molar-refractivity contribution in [3.8, 4) is 11.5 Å². The predicted octanol–water partition coefficient (Wildman–Crippen LogP) is 4.25. The van der Waals surface area contributed by atoms with Gasteiger partial charge < -0.3 is 4.74 Å². The zero-order valence-electron chi connectivity index (χ0n) is 34.0. The van der Waals surface area contributed by atoms with Crippen molar-refractivity contribution in [2.45, 2.75) is 114 Å². The molecule has 0 spiro atoms. The van der Waals surface area contributed by atoms with Gasteiger partial charge in [-0.2, -0.15) is 0 Å². The quantitative estimate of drug-likeness (QED) is 0.0400. The van der Waals surface area contributed by atoms with Crippen LogP contribution >= 0.6 is 7.94 Å². The second-order valence-corrected chi connectivity index (χ2v) is 20.2. The third-order valence-corrected chi connectivity index (χ3v) is 14.7. The molecule has 0 radical (unpaired) electrons. The van der Waals surface area contributed by atoms with Crippen molar-refractivity contribution in [1.82, 2.24) is 20.8 Å². The molecule has 5 N–H and O–H groups in total. The van der Waals surface area contributed by atoms with E-state index in [0.29, 0.717) is 50.4 Å². The van der Waals surface area contributed by atoms with E-state index < -0.39 is 59.7 Å². The van der Waals surface area contributed by atoms with Crippen molar-refractivity contribution in [3.05, 3.63) is 96.6 Å². The zero-order chi connectivity index (χ0) is 41.5. The van der Waals surface area contributed by atoms with E-state index in [0.717, 1.165) is 43.9 Å². The summed E-state index contributed by atoms with van der Waals surface area (Å²) < 4.78 is 43.1. The number of hydrogen-bond acceptors (Lipinski definition) is 11. The Labute approximate surface area is 345 Å². The molecule has 1 saturated heterocycles. The number of nitrogens with one attached hydrogen (secondary N) is 3. The number of para-hydroxylation sites is 2. The maximum absolute atomic E-state index is 14.8. The van der Waals surface area contributed by atoms with Gasteiger partial charge in [-0.25, -0.2) is 0 Å². The van der Waals surface area contributed by atoms with Crippen LogP contribution in [0.2, 0.25) is 0 Å². The second-order valence-electron chi connectivity index (χ2n) is 15.5. The van der Waals surface area contributed by atoms with Crippen LogP contribution in [0.1, 0.15) is 76.7 Å². The molecule has 2 aliphatic rings. The Morgan fingerprint density at radius 3 is 2.09 bits per heavy atom. The molecule has 2 amide bonds. The molecule has 1 saturated carbocycles. The molecular formula is C42H62BN4O9PS. The van der Waals surface area contributed by atoms with E-state index in [1.54, 1.807) is 61.4 Å². The molecule has 318 valence electrons. The average molecular weight is 841 g/mol. The fraction of sp³-hybridized carbons (Fsp3) is 0.524. The number of fused-ring (bicyclic) bond motifs is 1. The zero-order valence-corrected chi connectivity index (χ0v) is 35.8. The van der Waals surface area contributed by atoms with Crippen LogP contribution < -0.4 is 24.9 Å². The van der Waals surface area contributed by atoms with Gasteiger partial charge in [0.25, 0.3) is 0 Å². The second kappa shape index (κ2) is 22.2. The van der Waals surface area contributed by atoms with E-state index in [4.69, 9.17) is 13.8 Å². The minimum atomic E-state index is -4.20. The molecule has 16 heteroatoms. The van der Waals surface area contributed by atoms with Crippen molar-refractivity contribution in [1.29, 1.82) is 0 Å². The Balaban J connectivity index is 1.31. The van der Waals surface area contributed by atoms with Crippen LogP contribution in [0.5, 0.6) is 11.5 Å². The normalized spacial score (nSPS) is 20.6. The number of sulfone groups is 1. The molecule has 0 aromatic heterocycles. The van der Waals surface area contributed by atoms with Crippen LogP contribution in [0, 0.1) is 5.92 Å². The summed E-state index contributed by atoms with van der Waals surface area (Å²) in [6.07, 6.45) is 5.93. The summed E-state index contributed by atoms with van der Waals surface area (Å²) >= 11 is 0. The van der Waals surface area contributed by atoms with E-state index in [1.807, 2.05) is 49.4 Å². The number of aliphatic hydroxyl groups excluding tert-OH is 1. The monoisotopic (exact) mass is 840 g/mol. The van der Waals surface area contributed by atoms with Crippen LogP contribution in [0.25, 0.3) is 0 Å². The molecule has 58 heavy (non-hydrogen) atoms. The van der Waals surface area contributed by atoms with Gasteiger partial charge in [0.05, 0.1) is 6.61 Å². The first-order chi connectivity index (χ1) is 27.9. The summed E-state index contributed by atoms with van der Waals surface area (Å²) in [7, 11) is -6.00. The molecule has 1 aliphatic heterocycles. The van der Waals surface area contributed by atoms with Crippen LogP contribution in [0.15, 0.2) is 91.0 Å². The number of carbonyl (C=O) groups excluding carboxylic acids is 2. The Morgan fingerprint density at radius 1 is 0.897 bits per heavy atom. The fourth-order valence-corrected chi connectivity index (χ4v) is 11.0. The molecule has 1 aliphatic carbocycles.